The van der Waals surface area contributed by atoms with E-state index >= 15 is 0 Å². The Hall–Kier alpha value is -1.88. The van der Waals surface area contributed by atoms with Crippen molar-refractivity contribution in [1.82, 2.24) is 9.80 Å². The van der Waals surface area contributed by atoms with Crippen LogP contribution in [0.4, 0.5) is 0 Å². The van der Waals surface area contributed by atoms with Crippen molar-refractivity contribution in [2.75, 3.05) is 39.8 Å². The number of methoxy groups -OCH3 is 1. The van der Waals surface area contributed by atoms with Crippen LogP contribution in [-0.2, 0) is 9.53 Å². The number of nitrogens with zero attached hydrogens (tertiary/aromatic N) is 2. The molecule has 128 valence electrons. The molecule has 1 unspecified atom stereocenters. The molecule has 0 N–H and O–H groups in total. The number of hydrogen-bond donors (Lipinski definition) is 0. The minimum Gasteiger partial charge on any atom is -0.469 e. The van der Waals surface area contributed by atoms with Crippen molar-refractivity contribution in [3.05, 3.63) is 35.9 Å². The van der Waals surface area contributed by atoms with Crippen molar-refractivity contribution in [1.29, 1.82) is 0 Å². The molecule has 0 bridgehead atoms. The molecule has 5 heteroatoms. The summed E-state index contributed by atoms with van der Waals surface area (Å²) in [5.41, 5.74) is 0.643. The number of hydrogen-bond acceptors (Lipinski definition) is 4. The van der Waals surface area contributed by atoms with Gasteiger partial charge in [-0.15, -0.1) is 0 Å². The van der Waals surface area contributed by atoms with E-state index in [0.29, 0.717) is 18.7 Å². The van der Waals surface area contributed by atoms with Crippen molar-refractivity contribution < 1.29 is 14.3 Å². The van der Waals surface area contributed by atoms with E-state index in [-0.39, 0.29) is 17.8 Å². The lowest BCUT2D eigenvalue weighted by Gasteiger charge is -2.28. The van der Waals surface area contributed by atoms with Crippen LogP contribution in [0, 0.1) is 5.92 Å². The second kappa shape index (κ2) is 10.0. The highest BCUT2D eigenvalue weighted by Crippen LogP contribution is 2.09. The second-order valence-corrected chi connectivity index (χ2v) is 5.57. The lowest BCUT2D eigenvalue weighted by molar-refractivity contribution is -0.145. The molecule has 0 heterocycles. The van der Waals surface area contributed by atoms with Crippen LogP contribution in [0.5, 0.6) is 0 Å². The highest BCUT2D eigenvalue weighted by molar-refractivity contribution is 5.94. The molecule has 0 radical (unpaired) electrons. The van der Waals surface area contributed by atoms with Crippen molar-refractivity contribution in [3.63, 3.8) is 0 Å². The number of rotatable bonds is 9. The summed E-state index contributed by atoms with van der Waals surface area (Å²) in [6.07, 6.45) is 0. The van der Waals surface area contributed by atoms with Gasteiger partial charge in [-0.1, -0.05) is 39.0 Å². The van der Waals surface area contributed by atoms with Gasteiger partial charge < -0.3 is 14.5 Å². The first-order chi connectivity index (χ1) is 11.0. The average Bonchev–Trinajstić information content (AvgIpc) is 2.60. The maximum Gasteiger partial charge on any atom is 0.310 e. The lowest BCUT2D eigenvalue weighted by Crippen LogP contribution is -2.42. The fraction of sp³-hybridized carbons (Fsp3) is 0.556. The fourth-order valence-corrected chi connectivity index (χ4v) is 2.45. The van der Waals surface area contributed by atoms with Crippen molar-refractivity contribution >= 4 is 11.9 Å². The van der Waals surface area contributed by atoms with E-state index in [1.807, 2.05) is 18.2 Å². The first-order valence-corrected chi connectivity index (χ1v) is 8.17. The molecule has 1 amide bonds. The van der Waals surface area contributed by atoms with E-state index in [1.165, 1.54) is 7.11 Å². The monoisotopic (exact) mass is 320 g/mol. The van der Waals surface area contributed by atoms with Crippen LogP contribution in [-0.4, -0.2) is 61.5 Å². The first-order valence-electron chi connectivity index (χ1n) is 8.17. The topological polar surface area (TPSA) is 49.9 Å². The second-order valence-electron chi connectivity index (χ2n) is 5.57. The Morgan fingerprint density at radius 3 is 2.22 bits per heavy atom. The molecule has 1 aromatic carbocycles. The molecule has 0 aromatic heterocycles. The summed E-state index contributed by atoms with van der Waals surface area (Å²) in [6.45, 7) is 9.62. The molecule has 0 spiro atoms. The molecule has 1 aromatic rings. The van der Waals surface area contributed by atoms with E-state index in [1.54, 1.807) is 24.0 Å². The zero-order valence-electron chi connectivity index (χ0n) is 14.6. The zero-order valence-corrected chi connectivity index (χ0v) is 14.6. The standard InChI is InChI=1S/C18H28N2O3/c1-5-19(6-2)12-13-20(14-15(3)18(22)23-4)17(21)16-10-8-7-9-11-16/h7-11,15H,5-6,12-14H2,1-4H3. The van der Waals surface area contributed by atoms with Crippen molar-refractivity contribution in [2.24, 2.45) is 5.92 Å². The Labute approximate surface area is 139 Å². The van der Waals surface area contributed by atoms with Crippen LogP contribution in [0.3, 0.4) is 0 Å². The van der Waals surface area contributed by atoms with Crippen LogP contribution in [0.25, 0.3) is 0 Å². The number of esters is 1. The summed E-state index contributed by atoms with van der Waals surface area (Å²) in [7, 11) is 1.37. The lowest BCUT2D eigenvalue weighted by atomic mass is 10.1. The molecular formula is C18H28N2O3. The molecule has 1 atom stereocenters. The molecule has 0 saturated heterocycles. The number of amides is 1. The maximum absolute atomic E-state index is 12.7. The van der Waals surface area contributed by atoms with Gasteiger partial charge in [-0.2, -0.15) is 0 Å². The van der Waals surface area contributed by atoms with E-state index in [4.69, 9.17) is 4.74 Å². The third kappa shape index (κ3) is 6.02. The van der Waals surface area contributed by atoms with Gasteiger partial charge in [-0.25, -0.2) is 0 Å². The fourth-order valence-electron chi connectivity index (χ4n) is 2.45. The molecule has 1 rings (SSSR count). The first kappa shape index (κ1) is 19.2. The number of carbonyl (C=O) groups excluding carboxylic acids is 2. The summed E-state index contributed by atoms with van der Waals surface area (Å²) in [5.74, 6) is -0.684. The van der Waals surface area contributed by atoms with Gasteiger partial charge in [-0.3, -0.25) is 9.59 Å². The Balaban J connectivity index is 2.82. The smallest absolute Gasteiger partial charge is 0.310 e. The van der Waals surface area contributed by atoms with Gasteiger partial charge in [0.1, 0.15) is 0 Å². The zero-order chi connectivity index (χ0) is 17.2. The molecule has 0 fully saturated rings. The predicted molar refractivity (Wildman–Crippen MR) is 91.3 cm³/mol. The normalized spacial score (nSPS) is 12.0. The maximum atomic E-state index is 12.7. The molecule has 23 heavy (non-hydrogen) atoms. The third-order valence-electron chi connectivity index (χ3n) is 3.99. The van der Waals surface area contributed by atoms with E-state index in [0.717, 1.165) is 19.6 Å². The van der Waals surface area contributed by atoms with Gasteiger partial charge in [-0.05, 0) is 25.2 Å². The summed E-state index contributed by atoms with van der Waals surface area (Å²) < 4.78 is 4.78. The minimum absolute atomic E-state index is 0.0477. The van der Waals surface area contributed by atoms with Crippen LogP contribution >= 0.6 is 0 Å². The average molecular weight is 320 g/mol. The molecule has 0 saturated carbocycles. The van der Waals surface area contributed by atoms with Crippen molar-refractivity contribution in [3.8, 4) is 0 Å². The van der Waals surface area contributed by atoms with Crippen LogP contribution < -0.4 is 0 Å². The number of benzene rings is 1. The summed E-state index contributed by atoms with van der Waals surface area (Å²) in [6, 6.07) is 9.18. The Morgan fingerprint density at radius 1 is 1.09 bits per heavy atom. The third-order valence-corrected chi connectivity index (χ3v) is 3.99. The van der Waals surface area contributed by atoms with E-state index in [9.17, 15) is 9.59 Å². The van der Waals surface area contributed by atoms with Gasteiger partial charge in [0.2, 0.25) is 0 Å². The Kier molecular flexibility index (Phi) is 8.33. The van der Waals surface area contributed by atoms with E-state index < -0.39 is 0 Å². The van der Waals surface area contributed by atoms with Gasteiger partial charge in [0.05, 0.1) is 13.0 Å². The minimum atomic E-state index is -0.343. The molecular weight excluding hydrogens is 292 g/mol. The van der Waals surface area contributed by atoms with Gasteiger partial charge >= 0.3 is 5.97 Å². The van der Waals surface area contributed by atoms with Gasteiger partial charge in [0, 0.05) is 25.2 Å². The number of carbonyl (C=O) groups is 2. The Morgan fingerprint density at radius 2 is 1.70 bits per heavy atom. The number of likely N-dealkylation sites (N-methyl/N-ethyl adjacent to an activating group) is 1. The molecule has 5 nitrogen and oxygen atoms in total. The van der Waals surface area contributed by atoms with Gasteiger partial charge in [0.15, 0.2) is 0 Å². The summed E-state index contributed by atoms with van der Waals surface area (Å²) in [5, 5.41) is 0. The molecule has 0 aliphatic rings. The highest BCUT2D eigenvalue weighted by Gasteiger charge is 2.22. The van der Waals surface area contributed by atoms with Crippen LogP contribution in [0.1, 0.15) is 31.1 Å². The van der Waals surface area contributed by atoms with Crippen LogP contribution in [0.15, 0.2) is 30.3 Å². The largest absolute Gasteiger partial charge is 0.469 e. The molecule has 0 aliphatic heterocycles. The van der Waals surface area contributed by atoms with Crippen LogP contribution in [0.2, 0.25) is 0 Å². The molecule has 0 aliphatic carbocycles. The highest BCUT2D eigenvalue weighted by atomic mass is 16.5. The predicted octanol–water partition coefficient (Wildman–Crippen LogP) is 2.28. The summed E-state index contributed by atoms with van der Waals surface area (Å²) >= 11 is 0. The Bertz CT molecular complexity index is 486. The van der Waals surface area contributed by atoms with E-state index in [2.05, 4.69) is 18.7 Å². The van der Waals surface area contributed by atoms with Crippen molar-refractivity contribution in [2.45, 2.75) is 20.8 Å². The number of ether oxygens (including phenoxy) is 1. The summed E-state index contributed by atoms with van der Waals surface area (Å²) in [4.78, 5) is 28.4. The van der Waals surface area contributed by atoms with Gasteiger partial charge in [0.25, 0.3) is 5.91 Å². The quantitative estimate of drug-likeness (QED) is 0.655. The SMILES string of the molecule is CCN(CC)CCN(CC(C)C(=O)OC)C(=O)c1ccccc1.